The summed E-state index contributed by atoms with van der Waals surface area (Å²) in [5.74, 6) is 0.559. The molecule has 0 bridgehead atoms. The molecule has 0 aromatic carbocycles. The Morgan fingerprint density at radius 3 is 2.75 bits per heavy atom. The van der Waals surface area contributed by atoms with Crippen molar-refractivity contribution in [1.82, 2.24) is 0 Å². The Morgan fingerprint density at radius 2 is 2.33 bits per heavy atom. The molecule has 4 heteroatoms. The van der Waals surface area contributed by atoms with Crippen molar-refractivity contribution in [3.63, 3.8) is 0 Å². The molecular formula is C8H15NO2S. The number of nitrogens with two attached hydrogens (primary N) is 1. The Labute approximate surface area is 77.3 Å². The zero-order valence-electron chi connectivity index (χ0n) is 7.66. The topological polar surface area (TPSA) is 52.3 Å². The Balaban J connectivity index is 3.77. The van der Waals surface area contributed by atoms with E-state index in [1.54, 1.807) is 18.7 Å². The summed E-state index contributed by atoms with van der Waals surface area (Å²) in [5, 5.41) is 0. The summed E-state index contributed by atoms with van der Waals surface area (Å²) in [5.41, 5.74) is 5.66. The number of carbonyl (C=O) groups excluding carboxylic acids is 1. The molecule has 0 fully saturated rings. The number of carbonyl (C=O) groups is 1. The Hall–Kier alpha value is -0.640. The summed E-state index contributed by atoms with van der Waals surface area (Å²) < 4.78 is 4.97. The standard InChI is InChI=1S/C8H15NO2S/c1-4-12-7(3)11-8(10)5-6(2)9/h5,7H,4,9H2,1-3H3/b6-5-. The zero-order chi connectivity index (χ0) is 9.56. The maximum absolute atomic E-state index is 10.9. The van der Waals surface area contributed by atoms with Crippen molar-refractivity contribution in [2.24, 2.45) is 5.73 Å². The minimum atomic E-state index is -0.372. The van der Waals surface area contributed by atoms with E-state index in [1.807, 2.05) is 13.8 Å². The third-order valence-electron chi connectivity index (χ3n) is 1.03. The van der Waals surface area contributed by atoms with Crippen LogP contribution in [-0.2, 0) is 9.53 Å². The molecule has 1 unspecified atom stereocenters. The van der Waals surface area contributed by atoms with Crippen molar-refractivity contribution in [3.05, 3.63) is 11.8 Å². The van der Waals surface area contributed by atoms with Crippen molar-refractivity contribution >= 4 is 17.7 Å². The molecule has 0 aliphatic heterocycles. The summed E-state index contributed by atoms with van der Waals surface area (Å²) in [6.45, 7) is 5.50. The fourth-order valence-corrected chi connectivity index (χ4v) is 1.28. The number of thioether (sulfide) groups is 1. The van der Waals surface area contributed by atoms with Crippen LogP contribution in [0.1, 0.15) is 20.8 Å². The van der Waals surface area contributed by atoms with E-state index in [0.29, 0.717) is 5.70 Å². The van der Waals surface area contributed by atoms with Crippen LogP contribution in [0.4, 0.5) is 0 Å². The second kappa shape index (κ2) is 5.94. The van der Waals surface area contributed by atoms with E-state index in [2.05, 4.69) is 0 Å². The van der Waals surface area contributed by atoms with E-state index in [1.165, 1.54) is 6.08 Å². The van der Waals surface area contributed by atoms with Crippen molar-refractivity contribution in [3.8, 4) is 0 Å². The quantitative estimate of drug-likeness (QED) is 0.413. The number of rotatable bonds is 4. The second-order valence-corrected chi connectivity index (χ2v) is 3.92. The Bertz CT molecular complexity index is 176. The number of allylic oxidation sites excluding steroid dienone is 1. The lowest BCUT2D eigenvalue weighted by Gasteiger charge is -2.09. The molecule has 1 atom stereocenters. The molecule has 0 radical (unpaired) electrons. The summed E-state index contributed by atoms with van der Waals surface area (Å²) >= 11 is 1.57. The molecule has 0 aliphatic carbocycles. The van der Waals surface area contributed by atoms with Crippen molar-refractivity contribution in [2.45, 2.75) is 26.2 Å². The van der Waals surface area contributed by atoms with Crippen LogP contribution in [0.3, 0.4) is 0 Å². The molecule has 0 amide bonds. The first kappa shape index (κ1) is 11.4. The molecule has 12 heavy (non-hydrogen) atoms. The summed E-state index contributed by atoms with van der Waals surface area (Å²) in [6.07, 6.45) is 1.28. The second-order valence-electron chi connectivity index (χ2n) is 2.35. The van der Waals surface area contributed by atoms with Crippen LogP contribution >= 0.6 is 11.8 Å². The van der Waals surface area contributed by atoms with Gasteiger partial charge in [-0.15, -0.1) is 11.8 Å². The fourth-order valence-electron chi connectivity index (χ4n) is 0.652. The lowest BCUT2D eigenvalue weighted by Crippen LogP contribution is -2.11. The van der Waals surface area contributed by atoms with Crippen LogP contribution in [-0.4, -0.2) is 17.2 Å². The van der Waals surface area contributed by atoms with E-state index in [9.17, 15) is 4.79 Å². The molecule has 0 spiro atoms. The monoisotopic (exact) mass is 189 g/mol. The predicted octanol–water partition coefficient (Wildman–Crippen LogP) is 1.49. The summed E-state index contributed by atoms with van der Waals surface area (Å²) in [7, 11) is 0. The lowest BCUT2D eigenvalue weighted by atomic mass is 10.4. The van der Waals surface area contributed by atoms with Crippen LogP contribution in [0.5, 0.6) is 0 Å². The first-order valence-corrected chi connectivity index (χ1v) is 4.87. The van der Waals surface area contributed by atoms with Crippen LogP contribution in [0, 0.1) is 0 Å². The maximum atomic E-state index is 10.9. The molecule has 0 saturated carbocycles. The zero-order valence-corrected chi connectivity index (χ0v) is 8.48. The molecular weight excluding hydrogens is 174 g/mol. The molecule has 2 N–H and O–H groups in total. The number of hydrogen-bond acceptors (Lipinski definition) is 4. The van der Waals surface area contributed by atoms with E-state index in [0.717, 1.165) is 5.75 Å². The molecule has 0 aromatic heterocycles. The van der Waals surface area contributed by atoms with Gasteiger partial charge in [-0.25, -0.2) is 4.79 Å². The first-order chi connectivity index (χ1) is 5.56. The minimum Gasteiger partial charge on any atom is -0.448 e. The van der Waals surface area contributed by atoms with Crippen LogP contribution < -0.4 is 5.73 Å². The first-order valence-electron chi connectivity index (χ1n) is 3.82. The molecule has 0 aliphatic rings. The highest BCUT2D eigenvalue weighted by Crippen LogP contribution is 2.10. The summed E-state index contributed by atoms with van der Waals surface area (Å²) in [4.78, 5) is 10.9. The molecule has 0 rings (SSSR count). The third-order valence-corrected chi connectivity index (χ3v) is 1.93. The van der Waals surface area contributed by atoms with Gasteiger partial charge in [-0.1, -0.05) is 6.92 Å². The van der Waals surface area contributed by atoms with Gasteiger partial charge in [-0.2, -0.15) is 0 Å². The average Bonchev–Trinajstić information content (AvgIpc) is 1.84. The normalized spacial score (nSPS) is 14.1. The number of esters is 1. The fraction of sp³-hybridized carbons (Fsp3) is 0.625. The Morgan fingerprint density at radius 1 is 1.75 bits per heavy atom. The molecule has 70 valence electrons. The van der Waals surface area contributed by atoms with Gasteiger partial charge in [0.1, 0.15) is 5.44 Å². The molecule has 3 nitrogen and oxygen atoms in total. The van der Waals surface area contributed by atoms with Crippen LogP contribution in [0.2, 0.25) is 0 Å². The van der Waals surface area contributed by atoms with Gasteiger partial charge in [0.05, 0.1) is 0 Å². The van der Waals surface area contributed by atoms with Crippen molar-refractivity contribution in [1.29, 1.82) is 0 Å². The van der Waals surface area contributed by atoms with E-state index in [4.69, 9.17) is 10.5 Å². The average molecular weight is 189 g/mol. The minimum absolute atomic E-state index is 0.0990. The van der Waals surface area contributed by atoms with Gasteiger partial charge < -0.3 is 10.5 Å². The van der Waals surface area contributed by atoms with Crippen LogP contribution in [0.15, 0.2) is 11.8 Å². The maximum Gasteiger partial charge on any atom is 0.333 e. The van der Waals surface area contributed by atoms with Gasteiger partial charge >= 0.3 is 5.97 Å². The lowest BCUT2D eigenvalue weighted by molar-refractivity contribution is -0.138. The largest absolute Gasteiger partial charge is 0.448 e. The Kier molecular flexibility index (Phi) is 5.62. The highest BCUT2D eigenvalue weighted by molar-refractivity contribution is 7.99. The van der Waals surface area contributed by atoms with Gasteiger partial charge in [0, 0.05) is 11.8 Å². The summed E-state index contributed by atoms with van der Waals surface area (Å²) in [6, 6.07) is 0. The van der Waals surface area contributed by atoms with Crippen LogP contribution in [0.25, 0.3) is 0 Å². The van der Waals surface area contributed by atoms with Gasteiger partial charge in [0.2, 0.25) is 0 Å². The number of ether oxygens (including phenoxy) is 1. The van der Waals surface area contributed by atoms with E-state index >= 15 is 0 Å². The number of hydrogen-bond donors (Lipinski definition) is 1. The van der Waals surface area contributed by atoms with Gasteiger partial charge in [-0.05, 0) is 19.6 Å². The van der Waals surface area contributed by atoms with Crippen molar-refractivity contribution in [2.75, 3.05) is 5.75 Å². The molecule has 0 aromatic rings. The highest BCUT2D eigenvalue weighted by atomic mass is 32.2. The smallest absolute Gasteiger partial charge is 0.333 e. The SMILES string of the molecule is CCSC(C)OC(=O)/C=C(/C)N. The van der Waals surface area contributed by atoms with E-state index < -0.39 is 0 Å². The van der Waals surface area contributed by atoms with Crippen molar-refractivity contribution < 1.29 is 9.53 Å². The highest BCUT2D eigenvalue weighted by Gasteiger charge is 2.05. The van der Waals surface area contributed by atoms with Gasteiger partial charge in [-0.3, -0.25) is 0 Å². The predicted molar refractivity (Wildman–Crippen MR) is 51.6 cm³/mol. The van der Waals surface area contributed by atoms with Gasteiger partial charge in [0.25, 0.3) is 0 Å². The third kappa shape index (κ3) is 6.09. The molecule has 0 heterocycles. The van der Waals surface area contributed by atoms with E-state index in [-0.39, 0.29) is 11.4 Å². The van der Waals surface area contributed by atoms with Gasteiger partial charge in [0.15, 0.2) is 0 Å². The molecule has 0 saturated heterocycles.